The average Bonchev–Trinajstić information content (AvgIpc) is 2.38. The third-order valence-corrected chi connectivity index (χ3v) is 3.84. The number of hydrogen-bond acceptors (Lipinski definition) is 2. The number of nitrogens with two attached hydrogens (primary N) is 1. The molecule has 1 fully saturated rings. The van der Waals surface area contributed by atoms with E-state index in [-0.39, 0.29) is 24.4 Å². The van der Waals surface area contributed by atoms with Crippen LogP contribution in [0.15, 0.2) is 30.3 Å². The van der Waals surface area contributed by atoms with E-state index >= 15 is 0 Å². The number of rotatable bonds is 3. The maximum atomic E-state index is 12.3. The summed E-state index contributed by atoms with van der Waals surface area (Å²) in [6.07, 6.45) is 1.62. The molecule has 1 aliphatic heterocycles. The van der Waals surface area contributed by atoms with Gasteiger partial charge in [0, 0.05) is 25.6 Å². The van der Waals surface area contributed by atoms with Crippen LogP contribution in [0.25, 0.3) is 0 Å². The van der Waals surface area contributed by atoms with Crippen molar-refractivity contribution in [3.8, 4) is 0 Å². The van der Waals surface area contributed by atoms with Gasteiger partial charge in [-0.2, -0.15) is 0 Å². The van der Waals surface area contributed by atoms with E-state index in [1.54, 1.807) is 0 Å². The summed E-state index contributed by atoms with van der Waals surface area (Å²) in [6.45, 7) is 6.19. The molecule has 0 bridgehead atoms. The molecule has 0 spiro atoms. The molecule has 1 heterocycles. The zero-order chi connectivity index (χ0) is 13.8. The van der Waals surface area contributed by atoms with Crippen molar-refractivity contribution in [2.45, 2.75) is 32.7 Å². The standard InChI is InChI=1S/C16H24N2O.ClH/c1-12-8-13(2)11-18(10-12)16(19)9-15(17)14-6-4-3-5-7-14;/h3-7,12-13,15H,8-11,17H2,1-2H3;1H. The van der Waals surface area contributed by atoms with Crippen molar-refractivity contribution in [2.24, 2.45) is 17.6 Å². The minimum Gasteiger partial charge on any atom is -0.342 e. The zero-order valence-corrected chi connectivity index (χ0v) is 13.1. The van der Waals surface area contributed by atoms with Gasteiger partial charge in [-0.25, -0.2) is 0 Å². The van der Waals surface area contributed by atoms with Crippen LogP contribution in [0, 0.1) is 11.8 Å². The van der Waals surface area contributed by atoms with Crippen molar-refractivity contribution >= 4 is 18.3 Å². The van der Waals surface area contributed by atoms with Gasteiger partial charge in [-0.15, -0.1) is 12.4 Å². The third-order valence-electron chi connectivity index (χ3n) is 3.84. The molecule has 1 amide bonds. The zero-order valence-electron chi connectivity index (χ0n) is 12.3. The Balaban J connectivity index is 0.00000200. The highest BCUT2D eigenvalue weighted by Gasteiger charge is 2.26. The predicted octanol–water partition coefficient (Wildman–Crippen LogP) is 3.00. The lowest BCUT2D eigenvalue weighted by Gasteiger charge is -2.35. The highest BCUT2D eigenvalue weighted by atomic mass is 35.5. The van der Waals surface area contributed by atoms with Crippen molar-refractivity contribution in [3.63, 3.8) is 0 Å². The Labute approximate surface area is 127 Å². The second-order valence-electron chi connectivity index (χ2n) is 5.97. The van der Waals surface area contributed by atoms with E-state index in [1.807, 2.05) is 35.2 Å². The van der Waals surface area contributed by atoms with Crippen LogP contribution in [0.2, 0.25) is 0 Å². The van der Waals surface area contributed by atoms with Gasteiger partial charge in [0.25, 0.3) is 0 Å². The Morgan fingerprint density at radius 1 is 1.25 bits per heavy atom. The molecule has 2 N–H and O–H groups in total. The van der Waals surface area contributed by atoms with E-state index in [9.17, 15) is 4.79 Å². The first-order chi connectivity index (χ1) is 9.06. The van der Waals surface area contributed by atoms with Crippen LogP contribution in [0.1, 0.15) is 38.3 Å². The van der Waals surface area contributed by atoms with Crippen LogP contribution >= 0.6 is 12.4 Å². The largest absolute Gasteiger partial charge is 0.342 e. The SMILES string of the molecule is CC1CC(C)CN(C(=O)CC(N)c2ccccc2)C1.Cl. The fourth-order valence-electron chi connectivity index (χ4n) is 3.00. The molecule has 1 saturated heterocycles. The molecule has 3 nitrogen and oxygen atoms in total. The topological polar surface area (TPSA) is 46.3 Å². The highest BCUT2D eigenvalue weighted by molar-refractivity contribution is 5.85. The third kappa shape index (κ3) is 4.50. The lowest BCUT2D eigenvalue weighted by molar-refractivity contribution is -0.134. The quantitative estimate of drug-likeness (QED) is 0.932. The molecule has 20 heavy (non-hydrogen) atoms. The van der Waals surface area contributed by atoms with Crippen LogP contribution < -0.4 is 5.73 Å². The molecule has 0 aliphatic carbocycles. The summed E-state index contributed by atoms with van der Waals surface area (Å²) in [5.74, 6) is 1.39. The first kappa shape index (κ1) is 17.0. The van der Waals surface area contributed by atoms with Gasteiger partial charge in [-0.05, 0) is 23.8 Å². The van der Waals surface area contributed by atoms with E-state index < -0.39 is 0 Å². The first-order valence-corrected chi connectivity index (χ1v) is 7.14. The summed E-state index contributed by atoms with van der Waals surface area (Å²) in [5.41, 5.74) is 7.16. The maximum Gasteiger partial charge on any atom is 0.224 e. The van der Waals surface area contributed by atoms with E-state index in [2.05, 4.69) is 13.8 Å². The van der Waals surface area contributed by atoms with Crippen molar-refractivity contribution < 1.29 is 4.79 Å². The molecule has 0 radical (unpaired) electrons. The van der Waals surface area contributed by atoms with Gasteiger partial charge in [0.2, 0.25) is 5.91 Å². The Bertz CT molecular complexity index is 414. The molecule has 3 atom stereocenters. The number of carbonyl (C=O) groups excluding carboxylic acids is 1. The Morgan fingerprint density at radius 2 is 1.80 bits per heavy atom. The fourth-order valence-corrected chi connectivity index (χ4v) is 3.00. The van der Waals surface area contributed by atoms with Gasteiger partial charge in [-0.3, -0.25) is 4.79 Å². The molecule has 1 aliphatic rings. The van der Waals surface area contributed by atoms with Gasteiger partial charge in [0.1, 0.15) is 0 Å². The van der Waals surface area contributed by atoms with Crippen molar-refractivity contribution in [1.29, 1.82) is 0 Å². The molecule has 1 aromatic carbocycles. The van der Waals surface area contributed by atoms with Gasteiger partial charge >= 0.3 is 0 Å². The smallest absolute Gasteiger partial charge is 0.224 e. The number of likely N-dealkylation sites (tertiary alicyclic amines) is 1. The number of halogens is 1. The van der Waals surface area contributed by atoms with E-state index in [0.717, 1.165) is 18.7 Å². The molecule has 2 rings (SSSR count). The first-order valence-electron chi connectivity index (χ1n) is 7.14. The van der Waals surface area contributed by atoms with Crippen LogP contribution in [0.3, 0.4) is 0 Å². The van der Waals surface area contributed by atoms with Gasteiger partial charge in [0.05, 0.1) is 0 Å². The van der Waals surface area contributed by atoms with Crippen LogP contribution in [-0.2, 0) is 4.79 Å². The summed E-state index contributed by atoms with van der Waals surface area (Å²) >= 11 is 0. The van der Waals surface area contributed by atoms with Crippen molar-refractivity contribution in [1.82, 2.24) is 4.90 Å². The fraction of sp³-hybridized carbons (Fsp3) is 0.562. The monoisotopic (exact) mass is 296 g/mol. The number of hydrogen-bond donors (Lipinski definition) is 1. The molecular weight excluding hydrogens is 272 g/mol. The second kappa shape index (κ2) is 7.65. The summed E-state index contributed by atoms with van der Waals surface area (Å²) in [7, 11) is 0. The Morgan fingerprint density at radius 3 is 2.35 bits per heavy atom. The molecule has 0 aromatic heterocycles. The average molecular weight is 297 g/mol. The minimum absolute atomic E-state index is 0. The number of amides is 1. The van der Waals surface area contributed by atoms with Crippen molar-refractivity contribution in [2.75, 3.05) is 13.1 Å². The van der Waals surface area contributed by atoms with Crippen LogP contribution in [0.4, 0.5) is 0 Å². The van der Waals surface area contributed by atoms with E-state index in [1.165, 1.54) is 6.42 Å². The van der Waals surface area contributed by atoms with Gasteiger partial charge < -0.3 is 10.6 Å². The Kier molecular flexibility index (Phi) is 6.50. The highest BCUT2D eigenvalue weighted by Crippen LogP contribution is 2.23. The van der Waals surface area contributed by atoms with Crippen LogP contribution in [-0.4, -0.2) is 23.9 Å². The number of benzene rings is 1. The predicted molar refractivity (Wildman–Crippen MR) is 84.8 cm³/mol. The van der Waals surface area contributed by atoms with Gasteiger partial charge in [0.15, 0.2) is 0 Å². The summed E-state index contributed by atoms with van der Waals surface area (Å²) in [4.78, 5) is 14.3. The van der Waals surface area contributed by atoms with Crippen molar-refractivity contribution in [3.05, 3.63) is 35.9 Å². The van der Waals surface area contributed by atoms with E-state index in [4.69, 9.17) is 5.73 Å². The molecule has 4 heteroatoms. The molecule has 0 saturated carbocycles. The number of nitrogens with zero attached hydrogens (tertiary/aromatic N) is 1. The van der Waals surface area contributed by atoms with Crippen LogP contribution in [0.5, 0.6) is 0 Å². The molecule has 3 unspecified atom stereocenters. The maximum absolute atomic E-state index is 12.3. The lowest BCUT2D eigenvalue weighted by atomic mass is 9.91. The van der Waals surface area contributed by atoms with Gasteiger partial charge in [-0.1, -0.05) is 44.2 Å². The second-order valence-corrected chi connectivity index (χ2v) is 5.97. The molecule has 1 aromatic rings. The number of piperidine rings is 1. The van der Waals surface area contributed by atoms with E-state index in [0.29, 0.717) is 18.3 Å². The minimum atomic E-state index is -0.193. The number of carbonyl (C=O) groups is 1. The summed E-state index contributed by atoms with van der Waals surface area (Å²) in [6, 6.07) is 9.67. The summed E-state index contributed by atoms with van der Waals surface area (Å²) in [5, 5.41) is 0. The molecular formula is C16H25ClN2O. The lowest BCUT2D eigenvalue weighted by Crippen LogP contribution is -2.43. The summed E-state index contributed by atoms with van der Waals surface area (Å²) < 4.78 is 0. The normalized spacial score (nSPS) is 23.9. The molecule has 112 valence electrons. The Hall–Kier alpha value is -1.06.